The molecular weight excluding hydrogens is 332 g/mol. The molecule has 136 valence electrons. The van der Waals surface area contributed by atoms with E-state index in [9.17, 15) is 5.11 Å². The van der Waals surface area contributed by atoms with Crippen LogP contribution in [0.2, 0.25) is 0 Å². The van der Waals surface area contributed by atoms with Crippen molar-refractivity contribution in [2.45, 2.75) is 32.6 Å². The zero-order valence-electron chi connectivity index (χ0n) is 16.1. The SMILES string of the molecule is CCC[N+]1=C(C=Cc2ccc3cccnc3c2O)C(C)(C)c2ccccc21. The number of hydrogen-bond donors (Lipinski definition) is 1. The summed E-state index contributed by atoms with van der Waals surface area (Å²) in [6, 6.07) is 16.4. The molecule has 0 amide bonds. The second kappa shape index (κ2) is 6.66. The van der Waals surface area contributed by atoms with Gasteiger partial charge in [-0.1, -0.05) is 43.3 Å². The Hall–Kier alpha value is -2.94. The average Bonchev–Trinajstić information content (AvgIpc) is 2.89. The largest absolute Gasteiger partial charge is 0.505 e. The van der Waals surface area contributed by atoms with Gasteiger partial charge in [0.1, 0.15) is 17.8 Å². The number of allylic oxidation sites excluding steroid dienone is 1. The van der Waals surface area contributed by atoms with Crippen LogP contribution in [0.1, 0.15) is 38.3 Å². The summed E-state index contributed by atoms with van der Waals surface area (Å²) in [5.41, 5.74) is 5.25. The van der Waals surface area contributed by atoms with Crippen LogP contribution in [0.4, 0.5) is 5.69 Å². The van der Waals surface area contributed by atoms with Crippen molar-refractivity contribution in [3.05, 3.63) is 71.9 Å². The third-order valence-electron chi connectivity index (χ3n) is 5.45. The zero-order chi connectivity index (χ0) is 19.0. The van der Waals surface area contributed by atoms with E-state index in [4.69, 9.17) is 0 Å². The quantitative estimate of drug-likeness (QED) is 0.631. The molecule has 1 aliphatic heterocycles. The molecule has 3 aromatic rings. The maximum atomic E-state index is 10.7. The number of rotatable bonds is 4. The minimum atomic E-state index is -0.0764. The van der Waals surface area contributed by atoms with Crippen LogP contribution in [0, 0.1) is 0 Å². The van der Waals surface area contributed by atoms with Gasteiger partial charge in [-0.2, -0.15) is 4.58 Å². The Kier molecular flexibility index (Phi) is 4.31. The lowest BCUT2D eigenvalue weighted by Crippen LogP contribution is -2.27. The first kappa shape index (κ1) is 17.5. The van der Waals surface area contributed by atoms with Gasteiger partial charge in [0.2, 0.25) is 5.69 Å². The summed E-state index contributed by atoms with van der Waals surface area (Å²) < 4.78 is 2.40. The zero-order valence-corrected chi connectivity index (χ0v) is 16.1. The molecule has 0 atom stereocenters. The van der Waals surface area contributed by atoms with Crippen LogP contribution < -0.4 is 0 Å². The van der Waals surface area contributed by atoms with Crippen molar-refractivity contribution in [2.24, 2.45) is 0 Å². The van der Waals surface area contributed by atoms with Gasteiger partial charge in [0, 0.05) is 41.3 Å². The van der Waals surface area contributed by atoms with E-state index in [1.165, 1.54) is 17.0 Å². The fourth-order valence-electron chi connectivity index (χ4n) is 4.05. The van der Waals surface area contributed by atoms with Crippen LogP contribution in [-0.2, 0) is 5.41 Å². The van der Waals surface area contributed by atoms with Gasteiger partial charge >= 0.3 is 0 Å². The number of phenolic OH excluding ortho intramolecular Hbond substituents is 1. The number of phenols is 1. The number of hydrogen-bond acceptors (Lipinski definition) is 2. The standard InChI is InChI=1S/C24H24N2O/c1-4-16-26-20-10-6-5-9-19(20)24(2,3)21(26)14-13-18-12-11-17-8-7-15-25-22(17)23(18)27/h5-15H,4,16H2,1-3H3/p+1. The fourth-order valence-corrected chi connectivity index (χ4v) is 4.05. The Bertz CT molecular complexity index is 1080. The first-order chi connectivity index (χ1) is 13.0. The summed E-state index contributed by atoms with van der Waals surface area (Å²) in [5, 5.41) is 11.6. The van der Waals surface area contributed by atoms with E-state index in [-0.39, 0.29) is 11.2 Å². The second-order valence-electron chi connectivity index (χ2n) is 7.59. The number of benzene rings is 2. The topological polar surface area (TPSA) is 36.1 Å². The summed E-state index contributed by atoms with van der Waals surface area (Å²) in [6.07, 6.45) is 6.95. The molecule has 0 spiro atoms. The highest BCUT2D eigenvalue weighted by molar-refractivity contribution is 6.05. The molecule has 3 heteroatoms. The molecule has 27 heavy (non-hydrogen) atoms. The predicted molar refractivity (Wildman–Crippen MR) is 112 cm³/mol. The van der Waals surface area contributed by atoms with Crippen LogP contribution in [0.25, 0.3) is 17.0 Å². The number of para-hydroxylation sites is 1. The van der Waals surface area contributed by atoms with Crippen LogP contribution in [-0.4, -0.2) is 26.9 Å². The van der Waals surface area contributed by atoms with E-state index in [1.54, 1.807) is 6.20 Å². The van der Waals surface area contributed by atoms with Crippen molar-refractivity contribution >= 4 is 28.4 Å². The van der Waals surface area contributed by atoms with Crippen LogP contribution >= 0.6 is 0 Å². The van der Waals surface area contributed by atoms with Crippen molar-refractivity contribution in [1.29, 1.82) is 0 Å². The van der Waals surface area contributed by atoms with Gasteiger partial charge in [-0.3, -0.25) is 4.98 Å². The van der Waals surface area contributed by atoms with Crippen LogP contribution in [0.15, 0.2) is 60.8 Å². The molecule has 0 saturated carbocycles. The molecule has 0 radical (unpaired) electrons. The smallest absolute Gasteiger partial charge is 0.209 e. The second-order valence-corrected chi connectivity index (χ2v) is 7.59. The molecule has 0 aliphatic carbocycles. The van der Waals surface area contributed by atoms with E-state index >= 15 is 0 Å². The van der Waals surface area contributed by atoms with Gasteiger partial charge in [0.15, 0.2) is 5.71 Å². The number of fused-ring (bicyclic) bond motifs is 2. The Morgan fingerprint density at radius 3 is 2.67 bits per heavy atom. The van der Waals surface area contributed by atoms with E-state index in [0.717, 1.165) is 23.9 Å². The maximum absolute atomic E-state index is 10.7. The highest BCUT2D eigenvalue weighted by Gasteiger charge is 2.43. The van der Waals surface area contributed by atoms with Crippen molar-refractivity contribution in [3.8, 4) is 5.75 Å². The molecule has 4 rings (SSSR count). The summed E-state index contributed by atoms with van der Waals surface area (Å²) in [4.78, 5) is 4.33. The summed E-state index contributed by atoms with van der Waals surface area (Å²) in [5.74, 6) is 0.236. The van der Waals surface area contributed by atoms with Gasteiger partial charge in [-0.25, -0.2) is 0 Å². The minimum absolute atomic E-state index is 0.0764. The van der Waals surface area contributed by atoms with E-state index < -0.39 is 0 Å². The third kappa shape index (κ3) is 2.84. The Balaban J connectivity index is 1.81. The monoisotopic (exact) mass is 357 g/mol. The highest BCUT2D eigenvalue weighted by Crippen LogP contribution is 2.40. The Morgan fingerprint density at radius 2 is 1.85 bits per heavy atom. The van der Waals surface area contributed by atoms with Crippen LogP contribution in [0.3, 0.4) is 0 Å². The number of aromatic hydroxyl groups is 1. The molecule has 0 saturated heterocycles. The van der Waals surface area contributed by atoms with E-state index in [2.05, 4.69) is 60.7 Å². The lowest BCUT2D eigenvalue weighted by Gasteiger charge is -2.15. The van der Waals surface area contributed by atoms with Gasteiger partial charge in [0.05, 0.1) is 5.41 Å². The molecule has 1 aliphatic rings. The van der Waals surface area contributed by atoms with E-state index in [1.807, 2.05) is 30.3 Å². The number of nitrogens with zero attached hydrogens (tertiary/aromatic N) is 2. The third-order valence-corrected chi connectivity index (χ3v) is 5.45. The van der Waals surface area contributed by atoms with E-state index in [0.29, 0.717) is 5.52 Å². The molecular formula is C24H25N2O+. The predicted octanol–water partition coefficient (Wildman–Crippen LogP) is 5.44. The van der Waals surface area contributed by atoms with Crippen molar-refractivity contribution in [1.82, 2.24) is 4.98 Å². The molecule has 1 aromatic heterocycles. The fraction of sp³-hybridized carbons (Fsp3) is 0.250. The van der Waals surface area contributed by atoms with Gasteiger partial charge < -0.3 is 5.11 Å². The normalized spacial score (nSPS) is 15.7. The highest BCUT2D eigenvalue weighted by atomic mass is 16.3. The average molecular weight is 357 g/mol. The summed E-state index contributed by atoms with van der Waals surface area (Å²) >= 11 is 0. The number of pyridine rings is 1. The molecule has 0 fully saturated rings. The molecule has 0 unspecified atom stereocenters. The maximum Gasteiger partial charge on any atom is 0.209 e. The van der Waals surface area contributed by atoms with Crippen molar-refractivity contribution < 1.29 is 9.68 Å². The first-order valence-electron chi connectivity index (χ1n) is 9.53. The van der Waals surface area contributed by atoms with Crippen molar-refractivity contribution in [3.63, 3.8) is 0 Å². The molecule has 2 heterocycles. The summed E-state index contributed by atoms with van der Waals surface area (Å²) in [6.45, 7) is 7.72. The summed E-state index contributed by atoms with van der Waals surface area (Å²) in [7, 11) is 0. The van der Waals surface area contributed by atoms with Gasteiger partial charge in [-0.15, -0.1) is 0 Å². The molecule has 0 bridgehead atoms. The lowest BCUT2D eigenvalue weighted by molar-refractivity contribution is -0.437. The lowest BCUT2D eigenvalue weighted by atomic mass is 9.81. The number of aromatic nitrogens is 1. The van der Waals surface area contributed by atoms with Gasteiger partial charge in [0.25, 0.3) is 0 Å². The minimum Gasteiger partial charge on any atom is -0.505 e. The Labute approximate surface area is 160 Å². The molecule has 2 aromatic carbocycles. The Morgan fingerprint density at radius 1 is 1.04 bits per heavy atom. The molecule has 1 N–H and O–H groups in total. The molecule has 3 nitrogen and oxygen atoms in total. The van der Waals surface area contributed by atoms with Crippen molar-refractivity contribution in [2.75, 3.05) is 6.54 Å². The first-order valence-corrected chi connectivity index (χ1v) is 9.53. The van der Waals surface area contributed by atoms with Crippen LogP contribution in [0.5, 0.6) is 5.75 Å². The van der Waals surface area contributed by atoms with Gasteiger partial charge in [-0.05, 0) is 26.0 Å².